The van der Waals surface area contributed by atoms with Gasteiger partial charge in [0.1, 0.15) is 5.82 Å². The van der Waals surface area contributed by atoms with E-state index in [1.165, 1.54) is 38.8 Å². The summed E-state index contributed by atoms with van der Waals surface area (Å²) in [6, 6.07) is 3.55. The summed E-state index contributed by atoms with van der Waals surface area (Å²) in [6.07, 6.45) is 10.9. The van der Waals surface area contributed by atoms with Crippen LogP contribution < -0.4 is 10.3 Å². The van der Waals surface area contributed by atoms with Crippen molar-refractivity contribution < 1.29 is 9.13 Å². The number of ether oxygens (including phenoxy) is 1. The lowest BCUT2D eigenvalue weighted by molar-refractivity contribution is 0.316. The third-order valence-corrected chi connectivity index (χ3v) is 5.72. The first-order chi connectivity index (χ1) is 13.6. The fourth-order valence-corrected chi connectivity index (χ4v) is 4.13. The lowest BCUT2D eigenvalue weighted by Gasteiger charge is -2.22. The van der Waals surface area contributed by atoms with Crippen LogP contribution in [0.4, 0.5) is 4.39 Å². The molecular formula is C22H24FN3O2. The quantitative estimate of drug-likeness (QED) is 0.668. The first-order valence-electron chi connectivity index (χ1n) is 9.77. The van der Waals surface area contributed by atoms with Gasteiger partial charge in [0.25, 0.3) is 5.56 Å². The number of rotatable bonds is 4. The molecule has 0 atom stereocenters. The molecule has 4 rings (SSSR count). The molecule has 1 aliphatic carbocycles. The molecule has 0 spiro atoms. The normalized spacial score (nSPS) is 15.1. The van der Waals surface area contributed by atoms with Crippen LogP contribution in [0.1, 0.15) is 37.7 Å². The first-order valence-corrected chi connectivity index (χ1v) is 9.77. The highest BCUT2D eigenvalue weighted by molar-refractivity contribution is 5.89. The van der Waals surface area contributed by atoms with Gasteiger partial charge in [0.2, 0.25) is 0 Å². The molecule has 0 saturated heterocycles. The fraction of sp³-hybridized carbons (Fsp3) is 0.409. The molecule has 0 amide bonds. The van der Waals surface area contributed by atoms with E-state index in [9.17, 15) is 4.79 Å². The van der Waals surface area contributed by atoms with Gasteiger partial charge in [-0.15, -0.1) is 0 Å². The predicted molar refractivity (Wildman–Crippen MR) is 107 cm³/mol. The average Bonchev–Trinajstić information content (AvgIpc) is 2.73. The van der Waals surface area contributed by atoms with Gasteiger partial charge in [-0.2, -0.15) is 0 Å². The van der Waals surface area contributed by atoms with Gasteiger partial charge in [-0.3, -0.25) is 4.79 Å². The lowest BCUT2D eigenvalue weighted by Crippen LogP contribution is -2.25. The van der Waals surface area contributed by atoms with Crippen LogP contribution in [-0.4, -0.2) is 21.6 Å². The molecule has 0 aliphatic heterocycles. The van der Waals surface area contributed by atoms with Gasteiger partial charge in [0.05, 0.1) is 30.5 Å². The number of benzene rings is 1. The summed E-state index contributed by atoms with van der Waals surface area (Å²) in [5, 5.41) is 1.14. The van der Waals surface area contributed by atoms with Crippen molar-refractivity contribution in [2.75, 3.05) is 7.11 Å². The SMILES string of the molecule is COc1cnc(-c2cc3ccn(CC4CCCCC4)c(=O)c3c(C)c2F)nc1. The smallest absolute Gasteiger partial charge is 0.258 e. The van der Waals surface area contributed by atoms with Gasteiger partial charge >= 0.3 is 0 Å². The first kappa shape index (κ1) is 18.6. The minimum Gasteiger partial charge on any atom is -0.494 e. The molecule has 1 fully saturated rings. The Balaban J connectivity index is 1.76. The van der Waals surface area contributed by atoms with E-state index in [1.54, 1.807) is 17.6 Å². The maximum absolute atomic E-state index is 15.1. The highest BCUT2D eigenvalue weighted by Crippen LogP contribution is 2.29. The van der Waals surface area contributed by atoms with Gasteiger partial charge in [-0.1, -0.05) is 19.3 Å². The van der Waals surface area contributed by atoms with E-state index in [0.29, 0.717) is 34.5 Å². The van der Waals surface area contributed by atoms with E-state index < -0.39 is 5.82 Å². The summed E-state index contributed by atoms with van der Waals surface area (Å²) in [7, 11) is 1.53. The fourth-order valence-electron chi connectivity index (χ4n) is 4.13. The average molecular weight is 381 g/mol. The van der Waals surface area contributed by atoms with E-state index in [4.69, 9.17) is 4.74 Å². The largest absolute Gasteiger partial charge is 0.494 e. The molecule has 0 radical (unpaired) electrons. The third-order valence-electron chi connectivity index (χ3n) is 5.72. The Hall–Kier alpha value is -2.76. The molecule has 28 heavy (non-hydrogen) atoms. The van der Waals surface area contributed by atoms with Crippen LogP contribution in [0.2, 0.25) is 0 Å². The number of aromatic nitrogens is 3. The number of hydrogen-bond acceptors (Lipinski definition) is 4. The summed E-state index contributed by atoms with van der Waals surface area (Å²) in [4.78, 5) is 21.4. The summed E-state index contributed by atoms with van der Waals surface area (Å²) in [6.45, 7) is 2.36. The molecule has 0 bridgehead atoms. The zero-order valence-electron chi connectivity index (χ0n) is 16.2. The zero-order valence-corrected chi connectivity index (χ0v) is 16.2. The summed E-state index contributed by atoms with van der Waals surface area (Å²) >= 11 is 0. The second kappa shape index (κ2) is 7.70. The molecule has 6 heteroatoms. The molecule has 0 N–H and O–H groups in total. The van der Waals surface area contributed by atoms with Crippen molar-refractivity contribution in [1.29, 1.82) is 0 Å². The summed E-state index contributed by atoms with van der Waals surface area (Å²) in [5.41, 5.74) is 0.508. The van der Waals surface area contributed by atoms with E-state index in [0.717, 1.165) is 12.8 Å². The van der Waals surface area contributed by atoms with Crippen molar-refractivity contribution in [1.82, 2.24) is 14.5 Å². The van der Waals surface area contributed by atoms with Crippen molar-refractivity contribution in [3.8, 4) is 17.1 Å². The van der Waals surface area contributed by atoms with Gasteiger partial charge < -0.3 is 9.30 Å². The number of nitrogens with zero attached hydrogens (tertiary/aromatic N) is 3. The number of hydrogen-bond donors (Lipinski definition) is 0. The Labute approximate surface area is 163 Å². The van der Waals surface area contributed by atoms with Crippen LogP contribution >= 0.6 is 0 Å². The Morgan fingerprint density at radius 3 is 2.61 bits per heavy atom. The lowest BCUT2D eigenvalue weighted by atomic mass is 9.89. The Kier molecular flexibility index (Phi) is 5.11. The van der Waals surface area contributed by atoms with Crippen molar-refractivity contribution in [2.45, 2.75) is 45.6 Å². The van der Waals surface area contributed by atoms with Crippen molar-refractivity contribution in [3.63, 3.8) is 0 Å². The Morgan fingerprint density at radius 2 is 1.93 bits per heavy atom. The van der Waals surface area contributed by atoms with E-state index in [2.05, 4.69) is 9.97 Å². The van der Waals surface area contributed by atoms with E-state index in [1.807, 2.05) is 12.3 Å². The van der Waals surface area contributed by atoms with E-state index in [-0.39, 0.29) is 16.9 Å². The molecule has 2 heterocycles. The third kappa shape index (κ3) is 3.39. The Bertz CT molecular complexity index is 1050. The van der Waals surface area contributed by atoms with Gasteiger partial charge in [0, 0.05) is 12.7 Å². The zero-order chi connectivity index (χ0) is 19.7. The highest BCUT2D eigenvalue weighted by Gasteiger charge is 2.19. The Morgan fingerprint density at radius 1 is 1.21 bits per heavy atom. The monoisotopic (exact) mass is 381 g/mol. The van der Waals surface area contributed by atoms with Crippen LogP contribution in [0.3, 0.4) is 0 Å². The minimum atomic E-state index is -0.454. The number of halogens is 1. The van der Waals surface area contributed by atoms with Crippen LogP contribution in [0.25, 0.3) is 22.2 Å². The molecule has 0 unspecified atom stereocenters. The highest BCUT2D eigenvalue weighted by atomic mass is 19.1. The second-order valence-electron chi connectivity index (χ2n) is 7.55. The maximum Gasteiger partial charge on any atom is 0.258 e. The van der Waals surface area contributed by atoms with Crippen molar-refractivity contribution >= 4 is 10.8 Å². The van der Waals surface area contributed by atoms with Crippen LogP contribution in [-0.2, 0) is 6.54 Å². The summed E-state index contributed by atoms with van der Waals surface area (Å²) < 4.78 is 21.9. The molecular weight excluding hydrogens is 357 g/mol. The van der Waals surface area contributed by atoms with Crippen LogP contribution in [0.15, 0.2) is 35.5 Å². The van der Waals surface area contributed by atoms with Crippen LogP contribution in [0.5, 0.6) is 5.75 Å². The molecule has 2 aromatic heterocycles. The molecule has 146 valence electrons. The van der Waals surface area contributed by atoms with Crippen LogP contribution in [0, 0.1) is 18.7 Å². The number of pyridine rings is 1. The van der Waals surface area contributed by atoms with Gasteiger partial charge in [0.15, 0.2) is 11.6 Å². The number of methoxy groups -OCH3 is 1. The topological polar surface area (TPSA) is 57.0 Å². The molecule has 1 saturated carbocycles. The van der Waals surface area contributed by atoms with Crippen molar-refractivity contribution in [3.05, 3.63) is 52.5 Å². The molecule has 5 nitrogen and oxygen atoms in total. The number of aryl methyl sites for hydroxylation is 1. The summed E-state index contributed by atoms with van der Waals surface area (Å²) in [5.74, 6) is 0.855. The van der Waals surface area contributed by atoms with E-state index >= 15 is 4.39 Å². The molecule has 3 aromatic rings. The van der Waals surface area contributed by atoms with Gasteiger partial charge in [-0.05, 0) is 48.8 Å². The second-order valence-corrected chi connectivity index (χ2v) is 7.55. The van der Waals surface area contributed by atoms with Crippen molar-refractivity contribution in [2.24, 2.45) is 5.92 Å². The number of fused-ring (bicyclic) bond motifs is 1. The standard InChI is InChI=1S/C22H24FN3O2/c1-14-19-16(8-9-26(22(19)27)13-15-6-4-3-5-7-15)10-18(20(14)23)21-24-11-17(28-2)12-25-21/h8-12,15H,3-7,13H2,1-2H3. The molecule has 1 aliphatic rings. The maximum atomic E-state index is 15.1. The molecule has 1 aromatic carbocycles. The predicted octanol–water partition coefficient (Wildman–Crippen LogP) is 4.49. The minimum absolute atomic E-state index is 0.123. The van der Waals surface area contributed by atoms with Gasteiger partial charge in [-0.25, -0.2) is 14.4 Å².